The van der Waals surface area contributed by atoms with Crippen LogP contribution < -0.4 is 0 Å². The summed E-state index contributed by atoms with van der Waals surface area (Å²) in [5.41, 5.74) is 2.32. The van der Waals surface area contributed by atoms with E-state index in [1.807, 2.05) is 36.1 Å². The molecule has 4 heteroatoms. The molecular weight excluding hydrogens is 218 g/mol. The fourth-order valence-electron chi connectivity index (χ4n) is 1.58. The first-order chi connectivity index (χ1) is 8.11. The minimum atomic E-state index is -0.812. The molecule has 0 bridgehead atoms. The number of rotatable bonds is 7. The van der Waals surface area contributed by atoms with Crippen LogP contribution in [-0.4, -0.2) is 42.8 Å². The first-order valence-electron chi connectivity index (χ1n) is 5.60. The highest BCUT2D eigenvalue weighted by molar-refractivity contribution is 5.69. The molecule has 1 rings (SSSR count). The highest BCUT2D eigenvalue weighted by Gasteiger charge is 2.09. The van der Waals surface area contributed by atoms with Gasteiger partial charge in [0, 0.05) is 20.2 Å². The van der Waals surface area contributed by atoms with Crippen molar-refractivity contribution in [3.63, 3.8) is 0 Å². The first-order valence-corrected chi connectivity index (χ1v) is 5.60. The van der Waals surface area contributed by atoms with E-state index in [4.69, 9.17) is 9.84 Å². The molecule has 0 aliphatic rings. The summed E-state index contributed by atoms with van der Waals surface area (Å²) in [5.74, 6) is -0.812. The molecule has 94 valence electrons. The summed E-state index contributed by atoms with van der Waals surface area (Å²) < 4.78 is 4.98. The Bertz CT molecular complexity index is 348. The van der Waals surface area contributed by atoms with Gasteiger partial charge >= 0.3 is 5.97 Å². The second kappa shape index (κ2) is 7.04. The maximum atomic E-state index is 10.7. The Morgan fingerprint density at radius 2 is 2.00 bits per heavy atom. The molecule has 0 unspecified atom stereocenters. The smallest absolute Gasteiger partial charge is 0.317 e. The van der Waals surface area contributed by atoms with E-state index in [-0.39, 0.29) is 6.54 Å². The fraction of sp³-hybridized carbons (Fsp3) is 0.462. The van der Waals surface area contributed by atoms with Gasteiger partial charge in [-0.2, -0.15) is 0 Å². The predicted molar refractivity (Wildman–Crippen MR) is 66.0 cm³/mol. The summed E-state index contributed by atoms with van der Waals surface area (Å²) in [6.07, 6.45) is 0. The van der Waals surface area contributed by atoms with Gasteiger partial charge in [0.15, 0.2) is 0 Å². The van der Waals surface area contributed by atoms with E-state index in [9.17, 15) is 4.79 Å². The molecule has 0 saturated heterocycles. The molecule has 17 heavy (non-hydrogen) atoms. The third-order valence-corrected chi connectivity index (χ3v) is 2.50. The molecular formula is C13H19NO3. The SMILES string of the molecule is COCCN(CC(=O)O)Cc1ccc(C)cc1. The molecule has 0 radical (unpaired) electrons. The number of aryl methyl sites for hydroxylation is 1. The van der Waals surface area contributed by atoms with E-state index >= 15 is 0 Å². The number of carboxylic acids is 1. The molecule has 0 aliphatic heterocycles. The number of hydrogen-bond acceptors (Lipinski definition) is 3. The quantitative estimate of drug-likeness (QED) is 0.781. The van der Waals surface area contributed by atoms with Gasteiger partial charge in [-0.3, -0.25) is 9.69 Å². The number of carbonyl (C=O) groups is 1. The van der Waals surface area contributed by atoms with Crippen LogP contribution in [0.2, 0.25) is 0 Å². The third kappa shape index (κ3) is 5.47. The molecule has 0 spiro atoms. The van der Waals surface area contributed by atoms with Crippen LogP contribution in [0.4, 0.5) is 0 Å². The van der Waals surface area contributed by atoms with Crippen molar-refractivity contribution in [2.75, 3.05) is 26.8 Å². The van der Waals surface area contributed by atoms with E-state index in [0.29, 0.717) is 19.7 Å². The lowest BCUT2D eigenvalue weighted by molar-refractivity contribution is -0.138. The van der Waals surface area contributed by atoms with Crippen molar-refractivity contribution in [3.8, 4) is 0 Å². The Labute approximate surface area is 102 Å². The summed E-state index contributed by atoms with van der Waals surface area (Å²) in [7, 11) is 1.62. The van der Waals surface area contributed by atoms with Gasteiger partial charge in [-0.1, -0.05) is 29.8 Å². The molecule has 0 amide bonds. The molecule has 0 fully saturated rings. The molecule has 0 atom stereocenters. The van der Waals surface area contributed by atoms with Gasteiger partial charge in [-0.25, -0.2) is 0 Å². The van der Waals surface area contributed by atoms with Crippen LogP contribution in [0, 0.1) is 6.92 Å². The van der Waals surface area contributed by atoms with E-state index < -0.39 is 5.97 Å². The topological polar surface area (TPSA) is 49.8 Å². The molecule has 1 aromatic rings. The molecule has 0 aliphatic carbocycles. The van der Waals surface area contributed by atoms with E-state index in [2.05, 4.69) is 0 Å². The normalized spacial score (nSPS) is 10.8. The maximum Gasteiger partial charge on any atom is 0.317 e. The van der Waals surface area contributed by atoms with Gasteiger partial charge in [-0.05, 0) is 12.5 Å². The van der Waals surface area contributed by atoms with Crippen molar-refractivity contribution in [1.29, 1.82) is 0 Å². The third-order valence-electron chi connectivity index (χ3n) is 2.50. The molecule has 0 saturated carbocycles. The summed E-state index contributed by atoms with van der Waals surface area (Å²) in [4.78, 5) is 12.6. The Kier molecular flexibility index (Phi) is 5.66. The standard InChI is InChI=1S/C13H19NO3/c1-11-3-5-12(6-4-11)9-14(7-8-17-2)10-13(15)16/h3-6H,7-10H2,1-2H3,(H,15,16). The highest BCUT2D eigenvalue weighted by atomic mass is 16.5. The lowest BCUT2D eigenvalue weighted by atomic mass is 10.1. The summed E-state index contributed by atoms with van der Waals surface area (Å²) in [6.45, 7) is 3.87. The van der Waals surface area contributed by atoms with Crippen LogP contribution in [0.5, 0.6) is 0 Å². The zero-order chi connectivity index (χ0) is 12.7. The van der Waals surface area contributed by atoms with E-state index in [0.717, 1.165) is 5.56 Å². The molecule has 1 aromatic carbocycles. The van der Waals surface area contributed by atoms with Gasteiger partial charge in [-0.15, -0.1) is 0 Å². The van der Waals surface area contributed by atoms with Crippen molar-refractivity contribution < 1.29 is 14.6 Å². The largest absolute Gasteiger partial charge is 0.480 e. The minimum absolute atomic E-state index is 0.0389. The molecule has 4 nitrogen and oxygen atoms in total. The number of aliphatic carboxylic acids is 1. The number of benzene rings is 1. The van der Waals surface area contributed by atoms with Crippen molar-refractivity contribution in [1.82, 2.24) is 4.90 Å². The lowest BCUT2D eigenvalue weighted by Crippen LogP contribution is -2.32. The highest BCUT2D eigenvalue weighted by Crippen LogP contribution is 2.06. The Hall–Kier alpha value is -1.39. The Balaban J connectivity index is 2.57. The predicted octanol–water partition coefficient (Wildman–Crippen LogP) is 1.53. The van der Waals surface area contributed by atoms with Gasteiger partial charge in [0.1, 0.15) is 0 Å². The van der Waals surface area contributed by atoms with Crippen LogP contribution >= 0.6 is 0 Å². The number of ether oxygens (including phenoxy) is 1. The van der Waals surface area contributed by atoms with Crippen molar-refractivity contribution in [3.05, 3.63) is 35.4 Å². The van der Waals surface area contributed by atoms with E-state index in [1.54, 1.807) is 7.11 Å². The number of nitrogens with zero attached hydrogens (tertiary/aromatic N) is 1. The second-order valence-electron chi connectivity index (χ2n) is 4.08. The van der Waals surface area contributed by atoms with Gasteiger partial charge in [0.25, 0.3) is 0 Å². The fourth-order valence-corrected chi connectivity index (χ4v) is 1.58. The lowest BCUT2D eigenvalue weighted by Gasteiger charge is -2.19. The summed E-state index contributed by atoms with van der Waals surface area (Å²) in [6, 6.07) is 8.11. The van der Waals surface area contributed by atoms with Crippen LogP contribution in [0.3, 0.4) is 0 Å². The first kappa shape index (κ1) is 13.7. The van der Waals surface area contributed by atoms with Crippen LogP contribution in [0.1, 0.15) is 11.1 Å². The summed E-state index contributed by atoms with van der Waals surface area (Å²) >= 11 is 0. The second-order valence-corrected chi connectivity index (χ2v) is 4.08. The average molecular weight is 237 g/mol. The maximum absolute atomic E-state index is 10.7. The Morgan fingerprint density at radius 1 is 1.35 bits per heavy atom. The van der Waals surface area contributed by atoms with Gasteiger partial charge in [0.2, 0.25) is 0 Å². The zero-order valence-corrected chi connectivity index (χ0v) is 10.3. The summed E-state index contributed by atoms with van der Waals surface area (Å²) in [5, 5.41) is 8.82. The van der Waals surface area contributed by atoms with Crippen molar-refractivity contribution in [2.45, 2.75) is 13.5 Å². The molecule has 1 N–H and O–H groups in total. The van der Waals surface area contributed by atoms with Crippen molar-refractivity contribution >= 4 is 5.97 Å². The van der Waals surface area contributed by atoms with Crippen LogP contribution in [0.15, 0.2) is 24.3 Å². The number of carboxylic acid groups (broad SMARTS) is 1. The monoisotopic (exact) mass is 237 g/mol. The molecule has 0 heterocycles. The van der Waals surface area contributed by atoms with Crippen molar-refractivity contribution in [2.24, 2.45) is 0 Å². The number of methoxy groups -OCH3 is 1. The van der Waals surface area contributed by atoms with Crippen LogP contribution in [0.25, 0.3) is 0 Å². The molecule has 0 aromatic heterocycles. The van der Waals surface area contributed by atoms with Gasteiger partial charge < -0.3 is 9.84 Å². The number of hydrogen-bond donors (Lipinski definition) is 1. The average Bonchev–Trinajstić information content (AvgIpc) is 2.28. The zero-order valence-electron chi connectivity index (χ0n) is 10.3. The Morgan fingerprint density at radius 3 is 2.53 bits per heavy atom. The van der Waals surface area contributed by atoms with Crippen LogP contribution in [-0.2, 0) is 16.1 Å². The van der Waals surface area contributed by atoms with Gasteiger partial charge in [0.05, 0.1) is 13.2 Å². The minimum Gasteiger partial charge on any atom is -0.480 e. The van der Waals surface area contributed by atoms with E-state index in [1.165, 1.54) is 5.56 Å².